The van der Waals surface area contributed by atoms with Gasteiger partial charge in [-0.3, -0.25) is 4.79 Å². The Morgan fingerprint density at radius 3 is 2.35 bits per heavy atom. The number of aryl methyl sites for hydroxylation is 1. The molecule has 0 aliphatic rings. The minimum absolute atomic E-state index is 0.0748. The van der Waals surface area contributed by atoms with Crippen molar-refractivity contribution < 1.29 is 35.3 Å². The summed E-state index contributed by atoms with van der Waals surface area (Å²) in [6.45, 7) is 1.51. The lowest BCUT2D eigenvalue weighted by atomic mass is 10.1. The van der Waals surface area contributed by atoms with Crippen LogP contribution in [0.3, 0.4) is 0 Å². The Kier molecular flexibility index (Phi) is 4.64. The zero-order valence-electron chi connectivity index (χ0n) is 10.5. The molecule has 0 heterocycles. The highest BCUT2D eigenvalue weighted by molar-refractivity contribution is 7.87. The van der Waals surface area contributed by atoms with Gasteiger partial charge in [0.05, 0.1) is 13.5 Å². The lowest BCUT2D eigenvalue weighted by Crippen LogP contribution is -2.28. The average molecular weight is 312 g/mol. The van der Waals surface area contributed by atoms with Gasteiger partial charge in [-0.25, -0.2) is 0 Å². The van der Waals surface area contributed by atoms with Crippen LogP contribution in [0.25, 0.3) is 0 Å². The van der Waals surface area contributed by atoms with E-state index in [1.807, 2.05) is 0 Å². The Morgan fingerprint density at radius 2 is 1.90 bits per heavy atom. The van der Waals surface area contributed by atoms with Gasteiger partial charge in [0.2, 0.25) is 0 Å². The van der Waals surface area contributed by atoms with Crippen molar-refractivity contribution in [2.45, 2.75) is 18.9 Å². The highest BCUT2D eigenvalue weighted by Gasteiger charge is 2.48. The standard InChI is InChI=1S/C11H11F3O5S/c1-7-5-9(19-20(16,17)11(12,13)14)4-3-8(7)6-10(15)18-2/h3-5H,6H2,1-2H3. The van der Waals surface area contributed by atoms with Gasteiger partial charge in [0, 0.05) is 0 Å². The fourth-order valence-corrected chi connectivity index (χ4v) is 1.77. The molecule has 0 atom stereocenters. The Labute approximate surface area is 113 Å². The number of methoxy groups -OCH3 is 1. The number of halogens is 3. The van der Waals surface area contributed by atoms with Crippen molar-refractivity contribution in [3.8, 4) is 5.75 Å². The molecule has 0 unspecified atom stereocenters. The number of carbonyl (C=O) groups is 1. The first-order valence-corrected chi connectivity index (χ1v) is 6.65. The third kappa shape index (κ3) is 3.86. The second-order valence-electron chi connectivity index (χ2n) is 3.82. The van der Waals surface area contributed by atoms with Crippen molar-refractivity contribution >= 4 is 16.1 Å². The molecule has 9 heteroatoms. The van der Waals surface area contributed by atoms with E-state index in [4.69, 9.17) is 0 Å². The molecule has 0 N–H and O–H groups in total. The zero-order valence-corrected chi connectivity index (χ0v) is 11.3. The molecule has 5 nitrogen and oxygen atoms in total. The number of benzene rings is 1. The molecule has 0 saturated heterocycles. The van der Waals surface area contributed by atoms with E-state index in [-0.39, 0.29) is 6.42 Å². The summed E-state index contributed by atoms with van der Waals surface area (Å²) < 4.78 is 66.5. The molecule has 0 spiro atoms. The Hall–Kier alpha value is -1.77. The second-order valence-corrected chi connectivity index (χ2v) is 5.36. The van der Waals surface area contributed by atoms with Crippen LogP contribution in [0.4, 0.5) is 13.2 Å². The minimum Gasteiger partial charge on any atom is -0.469 e. The highest BCUT2D eigenvalue weighted by Crippen LogP contribution is 2.28. The number of hydrogen-bond acceptors (Lipinski definition) is 5. The second kappa shape index (κ2) is 5.70. The molecule has 0 aliphatic carbocycles. The quantitative estimate of drug-likeness (QED) is 0.483. The van der Waals surface area contributed by atoms with Crippen LogP contribution in [-0.4, -0.2) is 27.0 Å². The molecule has 0 radical (unpaired) electrons. The lowest BCUT2D eigenvalue weighted by Gasteiger charge is -2.11. The van der Waals surface area contributed by atoms with Crippen molar-refractivity contribution in [1.29, 1.82) is 0 Å². The van der Waals surface area contributed by atoms with E-state index in [9.17, 15) is 26.4 Å². The fourth-order valence-electron chi connectivity index (χ4n) is 1.32. The van der Waals surface area contributed by atoms with E-state index in [1.54, 1.807) is 0 Å². The molecule has 0 amide bonds. The van der Waals surface area contributed by atoms with Crippen molar-refractivity contribution in [2.24, 2.45) is 0 Å². The number of hydrogen-bond donors (Lipinski definition) is 0. The van der Waals surface area contributed by atoms with E-state index < -0.39 is 27.3 Å². The van der Waals surface area contributed by atoms with Gasteiger partial charge in [0.15, 0.2) is 0 Å². The Balaban J connectivity index is 2.97. The van der Waals surface area contributed by atoms with Crippen molar-refractivity contribution in [2.75, 3.05) is 7.11 Å². The largest absolute Gasteiger partial charge is 0.534 e. The predicted molar refractivity (Wildman–Crippen MR) is 62.5 cm³/mol. The molecule has 0 aromatic heterocycles. The normalized spacial score (nSPS) is 12.1. The van der Waals surface area contributed by atoms with Crippen LogP contribution in [0.5, 0.6) is 5.75 Å². The van der Waals surface area contributed by atoms with Gasteiger partial charge in [-0.1, -0.05) is 6.07 Å². The van der Waals surface area contributed by atoms with Crippen molar-refractivity contribution in [3.63, 3.8) is 0 Å². The summed E-state index contributed by atoms with van der Waals surface area (Å²) in [6, 6.07) is 3.43. The number of rotatable bonds is 4. The molecule has 0 fully saturated rings. The molecule has 0 aliphatic heterocycles. The topological polar surface area (TPSA) is 69.7 Å². The summed E-state index contributed by atoms with van der Waals surface area (Å²) in [5.41, 5.74) is -4.59. The first kappa shape index (κ1) is 16.3. The number of alkyl halides is 3. The molecule has 1 rings (SSSR count). The monoisotopic (exact) mass is 312 g/mol. The SMILES string of the molecule is COC(=O)Cc1ccc(OS(=O)(=O)C(F)(F)F)cc1C. The molecular weight excluding hydrogens is 301 g/mol. The third-order valence-corrected chi connectivity index (χ3v) is 3.34. The summed E-state index contributed by atoms with van der Waals surface area (Å²) in [7, 11) is -4.50. The maximum absolute atomic E-state index is 12.1. The number of esters is 1. The summed E-state index contributed by atoms with van der Waals surface area (Å²) in [5.74, 6) is -1.00. The van der Waals surface area contributed by atoms with Crippen molar-refractivity contribution in [3.05, 3.63) is 29.3 Å². The van der Waals surface area contributed by atoms with Crippen LogP contribution >= 0.6 is 0 Å². The molecule has 1 aromatic rings. The van der Waals surface area contributed by atoms with Crippen molar-refractivity contribution in [1.82, 2.24) is 0 Å². The molecule has 1 aromatic carbocycles. The first-order chi connectivity index (χ1) is 9.06. The van der Waals surface area contributed by atoms with Crippen LogP contribution < -0.4 is 4.18 Å². The molecule has 0 bridgehead atoms. The maximum atomic E-state index is 12.1. The Bertz CT molecular complexity index is 607. The van der Waals surface area contributed by atoms with Crippen LogP contribution in [0.2, 0.25) is 0 Å². The van der Waals surface area contributed by atoms with Gasteiger partial charge < -0.3 is 8.92 Å². The van der Waals surface area contributed by atoms with Gasteiger partial charge in [-0.15, -0.1) is 0 Å². The van der Waals surface area contributed by atoms with Gasteiger partial charge in [0.1, 0.15) is 5.75 Å². The number of carbonyl (C=O) groups excluding carboxylic acids is 1. The lowest BCUT2D eigenvalue weighted by molar-refractivity contribution is -0.139. The minimum atomic E-state index is -5.70. The van der Waals surface area contributed by atoms with Gasteiger partial charge in [-0.2, -0.15) is 21.6 Å². The van der Waals surface area contributed by atoms with E-state index >= 15 is 0 Å². The third-order valence-electron chi connectivity index (χ3n) is 2.37. The Morgan fingerprint density at radius 1 is 1.30 bits per heavy atom. The van der Waals surface area contributed by atoms with Gasteiger partial charge in [-0.05, 0) is 30.2 Å². The van der Waals surface area contributed by atoms with E-state index in [0.29, 0.717) is 11.1 Å². The number of ether oxygens (including phenoxy) is 1. The highest BCUT2D eigenvalue weighted by atomic mass is 32.2. The summed E-state index contributed by atoms with van der Waals surface area (Å²) in [5, 5.41) is 0. The van der Waals surface area contributed by atoms with Crippen LogP contribution in [-0.2, 0) is 26.1 Å². The van der Waals surface area contributed by atoms with Crippen LogP contribution in [0.1, 0.15) is 11.1 Å². The summed E-state index contributed by atoms with van der Waals surface area (Å²) >= 11 is 0. The molecule has 20 heavy (non-hydrogen) atoms. The zero-order chi connectivity index (χ0) is 15.6. The summed E-state index contributed by atoms with van der Waals surface area (Å²) in [6.07, 6.45) is -0.0748. The van der Waals surface area contributed by atoms with Gasteiger partial charge in [0.25, 0.3) is 0 Å². The smallest absolute Gasteiger partial charge is 0.469 e. The fraction of sp³-hybridized carbons (Fsp3) is 0.364. The van der Waals surface area contributed by atoms with Crippen LogP contribution in [0, 0.1) is 6.92 Å². The van der Waals surface area contributed by atoms with E-state index in [0.717, 1.165) is 12.1 Å². The summed E-state index contributed by atoms with van der Waals surface area (Å²) in [4.78, 5) is 11.1. The van der Waals surface area contributed by atoms with Gasteiger partial charge >= 0.3 is 21.6 Å². The molecule has 112 valence electrons. The molecule has 0 saturated carbocycles. The first-order valence-electron chi connectivity index (χ1n) is 5.24. The van der Waals surface area contributed by atoms with E-state index in [1.165, 1.54) is 20.1 Å². The predicted octanol–water partition coefficient (Wildman–Crippen LogP) is 1.94. The van der Waals surface area contributed by atoms with Crippen LogP contribution in [0.15, 0.2) is 18.2 Å². The maximum Gasteiger partial charge on any atom is 0.534 e. The van der Waals surface area contributed by atoms with E-state index in [2.05, 4.69) is 8.92 Å². The molecular formula is C11H11F3O5S. The average Bonchev–Trinajstić information content (AvgIpc) is 2.30.